The number of hydrogen-bond donors (Lipinski definition) is 1. The second-order valence-electron chi connectivity index (χ2n) is 7.61. The molecule has 0 fully saturated rings. The van der Waals surface area contributed by atoms with Crippen LogP contribution in [0, 0.1) is 12.3 Å². The van der Waals surface area contributed by atoms with Gasteiger partial charge in [-0.1, -0.05) is 12.1 Å². The summed E-state index contributed by atoms with van der Waals surface area (Å²) >= 11 is 1.48. The van der Waals surface area contributed by atoms with Crippen LogP contribution in [0.1, 0.15) is 10.6 Å². The van der Waals surface area contributed by atoms with E-state index in [0.29, 0.717) is 45.0 Å². The topological polar surface area (TPSA) is 110 Å². The molecule has 0 aliphatic carbocycles. The lowest BCUT2D eigenvalue weighted by Crippen LogP contribution is -2.26. The van der Waals surface area contributed by atoms with Crippen molar-refractivity contribution in [3.05, 3.63) is 51.4 Å². The zero-order valence-electron chi connectivity index (χ0n) is 19.4. The van der Waals surface area contributed by atoms with Crippen molar-refractivity contribution in [2.45, 2.75) is 13.2 Å². The van der Waals surface area contributed by atoms with Crippen LogP contribution in [0.15, 0.2) is 35.3 Å². The van der Waals surface area contributed by atoms with Gasteiger partial charge in [-0.3, -0.25) is 9.59 Å². The minimum atomic E-state index is -0.459. The van der Waals surface area contributed by atoms with Crippen LogP contribution in [-0.4, -0.2) is 58.7 Å². The van der Waals surface area contributed by atoms with E-state index in [9.17, 15) is 9.59 Å². The molecule has 0 bridgehead atoms. The number of aryl methyl sites for hydroxylation is 1. The molecule has 0 radical (unpaired) electrons. The minimum absolute atomic E-state index is 0.175. The van der Waals surface area contributed by atoms with Gasteiger partial charge in [0.1, 0.15) is 16.3 Å². The molecule has 0 aliphatic heterocycles. The number of nitrogens with one attached hydrogen (secondary N) is 1. The van der Waals surface area contributed by atoms with E-state index < -0.39 is 5.91 Å². The molecule has 0 unspecified atom stereocenters. The highest BCUT2D eigenvalue weighted by molar-refractivity contribution is 7.19. The molecule has 0 saturated carbocycles. The molecule has 182 valence electrons. The maximum Gasteiger partial charge on any atom is 0.295 e. The number of methoxy groups -OCH3 is 1. The van der Waals surface area contributed by atoms with Crippen molar-refractivity contribution in [1.29, 1.82) is 0 Å². The second kappa shape index (κ2) is 11.1. The molecule has 1 N–H and O–H groups in total. The van der Waals surface area contributed by atoms with Crippen LogP contribution in [0.3, 0.4) is 0 Å². The van der Waals surface area contributed by atoms with Gasteiger partial charge in [0.05, 0.1) is 51.0 Å². The largest absolute Gasteiger partial charge is 0.497 e. The van der Waals surface area contributed by atoms with E-state index in [1.807, 2.05) is 41.8 Å². The van der Waals surface area contributed by atoms with Gasteiger partial charge in [-0.05, 0) is 23.6 Å². The van der Waals surface area contributed by atoms with Crippen LogP contribution in [0.4, 0.5) is 0 Å². The van der Waals surface area contributed by atoms with Crippen molar-refractivity contribution >= 4 is 38.5 Å². The summed E-state index contributed by atoms with van der Waals surface area (Å²) in [4.78, 5) is 28.8. The summed E-state index contributed by atoms with van der Waals surface area (Å²) in [5.74, 6) is 2.25. The molecular formula is C24H25N5O5S. The maximum absolute atomic E-state index is 13.2. The summed E-state index contributed by atoms with van der Waals surface area (Å²) in [7, 11) is 3.44. The molecule has 0 saturated heterocycles. The fourth-order valence-electron chi connectivity index (χ4n) is 3.62. The smallest absolute Gasteiger partial charge is 0.295 e. The van der Waals surface area contributed by atoms with Gasteiger partial charge < -0.3 is 24.1 Å². The normalized spacial score (nSPS) is 11.1. The molecule has 4 aromatic rings. The molecule has 0 spiro atoms. The number of carbonyl (C=O) groups is 1. The molecule has 3 aromatic heterocycles. The van der Waals surface area contributed by atoms with Crippen molar-refractivity contribution in [3.63, 3.8) is 0 Å². The first-order valence-corrected chi connectivity index (χ1v) is 11.7. The Bertz CT molecular complexity index is 1450. The molecule has 3 heterocycles. The van der Waals surface area contributed by atoms with Crippen molar-refractivity contribution in [3.8, 4) is 18.1 Å². The van der Waals surface area contributed by atoms with Gasteiger partial charge in [-0.25, -0.2) is 9.67 Å². The number of aromatic nitrogens is 4. The quantitative estimate of drug-likeness (QED) is 0.249. The highest BCUT2D eigenvalue weighted by atomic mass is 32.1. The van der Waals surface area contributed by atoms with Gasteiger partial charge in [0.15, 0.2) is 5.65 Å². The third kappa shape index (κ3) is 5.51. The molecule has 4 rings (SSSR count). The Hall–Kier alpha value is -3.72. The number of ether oxygens (including phenoxy) is 3. The van der Waals surface area contributed by atoms with Crippen molar-refractivity contribution in [2.75, 3.05) is 33.5 Å². The van der Waals surface area contributed by atoms with Gasteiger partial charge in [0.2, 0.25) is 0 Å². The molecule has 35 heavy (non-hydrogen) atoms. The van der Waals surface area contributed by atoms with Crippen molar-refractivity contribution in [1.82, 2.24) is 24.6 Å². The highest BCUT2D eigenvalue weighted by Gasteiger charge is 2.18. The summed E-state index contributed by atoms with van der Waals surface area (Å²) in [6.07, 6.45) is 6.68. The third-order valence-electron chi connectivity index (χ3n) is 5.30. The predicted octanol–water partition coefficient (Wildman–Crippen LogP) is 1.68. The number of nitrogens with zero attached hydrogens (tertiary/aromatic N) is 4. The Labute approximate surface area is 205 Å². The number of benzene rings is 1. The average molecular weight is 496 g/mol. The van der Waals surface area contributed by atoms with Gasteiger partial charge in [-0.15, -0.1) is 17.8 Å². The number of amides is 1. The number of terminal acetylenes is 1. The third-order valence-corrected chi connectivity index (χ3v) is 6.35. The summed E-state index contributed by atoms with van der Waals surface area (Å²) in [5, 5.41) is 8.49. The Morgan fingerprint density at radius 3 is 2.89 bits per heavy atom. The first kappa shape index (κ1) is 24.4. The van der Waals surface area contributed by atoms with E-state index in [2.05, 4.69) is 15.4 Å². The Kier molecular flexibility index (Phi) is 7.77. The van der Waals surface area contributed by atoms with E-state index in [-0.39, 0.29) is 5.56 Å². The number of fused-ring (bicyclic) bond motifs is 3. The summed E-state index contributed by atoms with van der Waals surface area (Å²) in [5.41, 5.74) is 2.04. The lowest BCUT2D eigenvalue weighted by molar-refractivity contribution is -0.115. The lowest BCUT2D eigenvalue weighted by Gasteiger charge is -2.07. The summed E-state index contributed by atoms with van der Waals surface area (Å²) in [6.45, 7) is 2.15. The first-order chi connectivity index (χ1) is 17.0. The van der Waals surface area contributed by atoms with Gasteiger partial charge in [-0.2, -0.15) is 5.10 Å². The van der Waals surface area contributed by atoms with Crippen LogP contribution in [0.5, 0.6) is 5.75 Å². The lowest BCUT2D eigenvalue weighted by atomic mass is 10.2. The number of rotatable bonds is 11. The summed E-state index contributed by atoms with van der Waals surface area (Å²) in [6, 6.07) is 7.56. The highest BCUT2D eigenvalue weighted by Crippen LogP contribution is 2.31. The second-order valence-corrected chi connectivity index (χ2v) is 8.69. The fourth-order valence-corrected chi connectivity index (χ4v) is 4.66. The number of thiazole rings is 1. The minimum Gasteiger partial charge on any atom is -0.497 e. The molecule has 1 aromatic carbocycles. The molecule has 1 amide bonds. The SMILES string of the molecule is C#CC(=O)NCCOCCOCc1nc2c(s1)c1cnn(Cc3cccc(OC)c3)c(=O)c1n2C. The van der Waals surface area contributed by atoms with Crippen molar-refractivity contribution < 1.29 is 19.0 Å². The average Bonchev–Trinajstić information content (AvgIpc) is 3.40. The number of carbonyl (C=O) groups excluding carboxylic acids is 1. The molecule has 11 heteroatoms. The van der Waals surface area contributed by atoms with Crippen LogP contribution in [0.2, 0.25) is 0 Å². The van der Waals surface area contributed by atoms with E-state index in [1.165, 1.54) is 16.0 Å². The zero-order chi connectivity index (χ0) is 24.8. The van der Waals surface area contributed by atoms with Crippen LogP contribution < -0.4 is 15.6 Å². The monoisotopic (exact) mass is 495 g/mol. The molecule has 0 aliphatic rings. The van der Waals surface area contributed by atoms with E-state index in [4.69, 9.17) is 20.6 Å². The van der Waals surface area contributed by atoms with Crippen LogP contribution in [0.25, 0.3) is 21.3 Å². The van der Waals surface area contributed by atoms with Gasteiger partial charge in [0, 0.05) is 19.0 Å². The standard InChI is InChI=1S/C24H25N5O5S/c1-4-19(30)25-8-9-33-10-11-34-15-20-27-23-22(35-20)18-13-26-29(24(31)21(18)28(23)2)14-16-6-5-7-17(12-16)32-3/h1,5-7,12-13H,8-11,14-15H2,2-3H3,(H,25,30). The Morgan fingerprint density at radius 2 is 2.09 bits per heavy atom. The molecule has 0 atom stereocenters. The van der Waals surface area contributed by atoms with E-state index >= 15 is 0 Å². The van der Waals surface area contributed by atoms with E-state index in [1.54, 1.807) is 13.3 Å². The first-order valence-electron chi connectivity index (χ1n) is 10.9. The van der Waals surface area contributed by atoms with Gasteiger partial charge >= 0.3 is 0 Å². The van der Waals surface area contributed by atoms with Crippen LogP contribution in [-0.2, 0) is 34.5 Å². The van der Waals surface area contributed by atoms with E-state index in [0.717, 1.165) is 32.1 Å². The Balaban J connectivity index is 1.39. The zero-order valence-corrected chi connectivity index (χ0v) is 20.3. The van der Waals surface area contributed by atoms with Crippen LogP contribution >= 0.6 is 11.3 Å². The van der Waals surface area contributed by atoms with Crippen molar-refractivity contribution in [2.24, 2.45) is 7.05 Å². The predicted molar refractivity (Wildman–Crippen MR) is 133 cm³/mol. The maximum atomic E-state index is 13.2. The number of hydrogen-bond acceptors (Lipinski definition) is 8. The molecule has 10 nitrogen and oxygen atoms in total. The Morgan fingerprint density at radius 1 is 1.26 bits per heavy atom. The van der Waals surface area contributed by atoms with Gasteiger partial charge in [0.25, 0.3) is 11.5 Å². The summed E-state index contributed by atoms with van der Waals surface area (Å²) < 4.78 is 20.5. The molecular weight excluding hydrogens is 470 g/mol. The fraction of sp³-hybridized carbons (Fsp3) is 0.333.